The summed E-state index contributed by atoms with van der Waals surface area (Å²) in [5.41, 5.74) is -0.549. The first-order valence-electron chi connectivity index (χ1n) is 3.29. The van der Waals surface area contributed by atoms with Gasteiger partial charge in [0.1, 0.15) is 11.3 Å². The van der Waals surface area contributed by atoms with Crippen LogP contribution in [0.25, 0.3) is 0 Å². The standard InChI is InChI=1S/C7H3Br2NO4/c8-4-1-5(10(13)14)3(2-11)6(9)7(4)12/h1-2,12H. The molecule has 0 saturated heterocycles. The molecule has 0 aliphatic rings. The Morgan fingerprint density at radius 2 is 2.07 bits per heavy atom. The quantitative estimate of drug-likeness (QED) is 0.515. The topological polar surface area (TPSA) is 80.4 Å². The zero-order valence-corrected chi connectivity index (χ0v) is 9.70. The Hall–Kier alpha value is -0.950. The summed E-state index contributed by atoms with van der Waals surface area (Å²) in [6, 6.07) is 1.07. The fourth-order valence-corrected chi connectivity index (χ4v) is 2.07. The molecular formula is C7H3Br2NO4. The van der Waals surface area contributed by atoms with Gasteiger partial charge in [0.2, 0.25) is 0 Å². The molecule has 0 aromatic heterocycles. The molecule has 5 nitrogen and oxygen atoms in total. The first kappa shape index (κ1) is 11.1. The SMILES string of the molecule is O=Cc1c([N+](=O)[O-])cc(Br)c(O)c1Br. The average molecular weight is 325 g/mol. The largest absolute Gasteiger partial charge is 0.506 e. The first-order chi connectivity index (χ1) is 6.49. The number of phenols is 1. The molecule has 0 aliphatic carbocycles. The fraction of sp³-hybridized carbons (Fsp3) is 0. The third-order valence-electron chi connectivity index (χ3n) is 1.52. The van der Waals surface area contributed by atoms with Crippen molar-refractivity contribution in [2.75, 3.05) is 0 Å². The van der Waals surface area contributed by atoms with Gasteiger partial charge in [-0.15, -0.1) is 0 Å². The third kappa shape index (κ3) is 1.78. The van der Waals surface area contributed by atoms with Crippen LogP contribution in [0.5, 0.6) is 5.75 Å². The van der Waals surface area contributed by atoms with E-state index in [-0.39, 0.29) is 25.9 Å². The molecule has 1 rings (SSSR count). The molecule has 0 radical (unpaired) electrons. The van der Waals surface area contributed by atoms with E-state index in [1.54, 1.807) is 0 Å². The minimum Gasteiger partial charge on any atom is -0.506 e. The Morgan fingerprint density at radius 1 is 1.50 bits per heavy atom. The summed E-state index contributed by atoms with van der Waals surface area (Å²) < 4.78 is 0.162. The van der Waals surface area contributed by atoms with E-state index in [0.717, 1.165) is 6.07 Å². The van der Waals surface area contributed by atoms with Gasteiger partial charge in [0, 0.05) is 6.07 Å². The van der Waals surface area contributed by atoms with Gasteiger partial charge in [0.25, 0.3) is 5.69 Å². The lowest BCUT2D eigenvalue weighted by atomic mass is 10.2. The summed E-state index contributed by atoms with van der Waals surface area (Å²) in [6.07, 6.45) is 0.314. The van der Waals surface area contributed by atoms with Crippen LogP contribution in [-0.4, -0.2) is 16.3 Å². The van der Waals surface area contributed by atoms with Crippen LogP contribution >= 0.6 is 31.9 Å². The molecule has 0 atom stereocenters. The van der Waals surface area contributed by atoms with Gasteiger partial charge in [-0.05, 0) is 31.9 Å². The number of nitrogens with zero attached hydrogens (tertiary/aromatic N) is 1. The Kier molecular flexibility index (Phi) is 3.22. The van der Waals surface area contributed by atoms with E-state index < -0.39 is 4.92 Å². The van der Waals surface area contributed by atoms with Gasteiger partial charge in [-0.3, -0.25) is 14.9 Å². The lowest BCUT2D eigenvalue weighted by Gasteiger charge is -2.03. The minimum atomic E-state index is -0.696. The van der Waals surface area contributed by atoms with Crippen LogP contribution in [0.4, 0.5) is 5.69 Å². The maximum absolute atomic E-state index is 10.6. The number of hydrogen-bond donors (Lipinski definition) is 1. The summed E-state index contributed by atoms with van der Waals surface area (Å²) in [5.74, 6) is -0.238. The second kappa shape index (κ2) is 4.05. The summed E-state index contributed by atoms with van der Waals surface area (Å²) in [4.78, 5) is 20.4. The van der Waals surface area contributed by atoms with Crippen molar-refractivity contribution in [3.8, 4) is 5.75 Å². The second-order valence-electron chi connectivity index (χ2n) is 2.33. The molecule has 1 N–H and O–H groups in total. The molecule has 0 heterocycles. The summed E-state index contributed by atoms with van der Waals surface area (Å²) in [6.45, 7) is 0. The van der Waals surface area contributed by atoms with Gasteiger partial charge < -0.3 is 5.11 Å². The number of nitro benzene ring substituents is 1. The van der Waals surface area contributed by atoms with Crippen LogP contribution in [0.1, 0.15) is 10.4 Å². The fourth-order valence-electron chi connectivity index (χ4n) is 0.874. The maximum Gasteiger partial charge on any atom is 0.282 e. The highest BCUT2D eigenvalue weighted by Gasteiger charge is 2.21. The predicted molar refractivity (Wildman–Crippen MR) is 55.5 cm³/mol. The molecule has 0 bridgehead atoms. The molecule has 0 saturated carbocycles. The predicted octanol–water partition coefficient (Wildman–Crippen LogP) is 2.64. The lowest BCUT2D eigenvalue weighted by Crippen LogP contribution is -1.96. The Balaban J connectivity index is 3.59. The number of halogens is 2. The zero-order chi connectivity index (χ0) is 10.9. The normalized spacial score (nSPS) is 9.86. The van der Waals surface area contributed by atoms with Crippen molar-refractivity contribution in [2.24, 2.45) is 0 Å². The second-order valence-corrected chi connectivity index (χ2v) is 3.98. The highest BCUT2D eigenvalue weighted by atomic mass is 79.9. The summed E-state index contributed by atoms with van der Waals surface area (Å²) >= 11 is 5.82. The average Bonchev–Trinajstić information content (AvgIpc) is 2.13. The van der Waals surface area contributed by atoms with Crippen LogP contribution in [0.2, 0.25) is 0 Å². The van der Waals surface area contributed by atoms with Crippen LogP contribution in [0, 0.1) is 10.1 Å². The van der Waals surface area contributed by atoms with E-state index in [1.807, 2.05) is 0 Å². The number of aldehydes is 1. The number of aromatic hydroxyl groups is 1. The van der Waals surface area contributed by atoms with Crippen molar-refractivity contribution >= 4 is 43.8 Å². The highest BCUT2D eigenvalue weighted by Crippen LogP contribution is 2.39. The highest BCUT2D eigenvalue weighted by molar-refractivity contribution is 9.11. The van der Waals surface area contributed by atoms with Crippen molar-refractivity contribution in [1.82, 2.24) is 0 Å². The van der Waals surface area contributed by atoms with Crippen LogP contribution < -0.4 is 0 Å². The maximum atomic E-state index is 10.6. The van der Waals surface area contributed by atoms with Gasteiger partial charge >= 0.3 is 0 Å². The summed E-state index contributed by atoms with van der Waals surface area (Å²) in [5, 5.41) is 19.9. The number of carbonyl (C=O) groups excluding carboxylic acids is 1. The van der Waals surface area contributed by atoms with Gasteiger partial charge in [0.15, 0.2) is 6.29 Å². The van der Waals surface area contributed by atoms with Crippen LogP contribution in [0.15, 0.2) is 15.0 Å². The number of rotatable bonds is 2. The van der Waals surface area contributed by atoms with Gasteiger partial charge in [0.05, 0.1) is 13.9 Å². The smallest absolute Gasteiger partial charge is 0.282 e. The van der Waals surface area contributed by atoms with Crippen molar-refractivity contribution in [1.29, 1.82) is 0 Å². The number of nitro groups is 1. The van der Waals surface area contributed by atoms with E-state index in [0.29, 0.717) is 6.29 Å². The van der Waals surface area contributed by atoms with Gasteiger partial charge in [-0.1, -0.05) is 0 Å². The van der Waals surface area contributed by atoms with Gasteiger partial charge in [-0.25, -0.2) is 0 Å². The van der Waals surface area contributed by atoms with Gasteiger partial charge in [-0.2, -0.15) is 0 Å². The molecule has 74 valence electrons. The van der Waals surface area contributed by atoms with Crippen LogP contribution in [0.3, 0.4) is 0 Å². The Morgan fingerprint density at radius 3 is 2.50 bits per heavy atom. The third-order valence-corrected chi connectivity index (χ3v) is 2.93. The number of carbonyl (C=O) groups is 1. The van der Waals surface area contributed by atoms with Crippen molar-refractivity contribution < 1.29 is 14.8 Å². The van der Waals surface area contributed by atoms with Crippen LogP contribution in [-0.2, 0) is 0 Å². The van der Waals surface area contributed by atoms with E-state index >= 15 is 0 Å². The molecule has 7 heteroatoms. The molecule has 0 unspecified atom stereocenters. The van der Waals surface area contributed by atoms with Crippen molar-refractivity contribution in [2.45, 2.75) is 0 Å². The molecule has 1 aromatic rings. The molecule has 0 spiro atoms. The van der Waals surface area contributed by atoms with Crippen molar-refractivity contribution in [3.63, 3.8) is 0 Å². The Labute approximate surface area is 95.1 Å². The Bertz CT molecular complexity index is 419. The molecule has 0 amide bonds. The lowest BCUT2D eigenvalue weighted by molar-refractivity contribution is -0.385. The van der Waals surface area contributed by atoms with E-state index in [4.69, 9.17) is 0 Å². The van der Waals surface area contributed by atoms with E-state index in [9.17, 15) is 20.0 Å². The minimum absolute atomic E-state index is 0.00794. The van der Waals surface area contributed by atoms with E-state index in [2.05, 4.69) is 31.9 Å². The summed E-state index contributed by atoms with van der Waals surface area (Å²) in [7, 11) is 0. The molecule has 1 aromatic carbocycles. The molecule has 0 aliphatic heterocycles. The number of phenolic OH excluding ortho intramolecular Hbond substituents is 1. The monoisotopic (exact) mass is 323 g/mol. The molecular weight excluding hydrogens is 322 g/mol. The van der Waals surface area contributed by atoms with E-state index in [1.165, 1.54) is 0 Å². The zero-order valence-electron chi connectivity index (χ0n) is 6.53. The van der Waals surface area contributed by atoms with Crippen molar-refractivity contribution in [3.05, 3.63) is 30.7 Å². The number of hydrogen-bond acceptors (Lipinski definition) is 4. The molecule has 14 heavy (non-hydrogen) atoms. The molecule has 0 fully saturated rings. The number of benzene rings is 1. The first-order valence-corrected chi connectivity index (χ1v) is 4.88.